The van der Waals surface area contributed by atoms with Crippen molar-refractivity contribution in [1.82, 2.24) is 0 Å². The highest BCUT2D eigenvalue weighted by atomic mass is 32.3. The van der Waals surface area contributed by atoms with Gasteiger partial charge in [-0.1, -0.05) is 13.8 Å². The zero-order chi connectivity index (χ0) is 12.2. The molecule has 0 bridgehead atoms. The molecule has 0 aliphatic heterocycles. The molecule has 1 fully saturated rings. The minimum absolute atomic E-state index is 0.242. The number of hydrogen-bond donors (Lipinski definition) is 4. The van der Waals surface area contributed by atoms with Gasteiger partial charge in [0.15, 0.2) is 0 Å². The molecule has 0 amide bonds. The fourth-order valence-electron chi connectivity index (χ4n) is 1.67. The maximum atomic E-state index is 8.74. The summed E-state index contributed by atoms with van der Waals surface area (Å²) in [6.07, 6.45) is 2.20. The van der Waals surface area contributed by atoms with Crippen molar-refractivity contribution in [2.75, 3.05) is 0 Å². The van der Waals surface area contributed by atoms with Crippen molar-refractivity contribution in [2.45, 2.75) is 38.8 Å². The quantitative estimate of drug-likeness (QED) is 0.443. The summed E-state index contributed by atoms with van der Waals surface area (Å²) in [4.78, 5) is 0. The van der Waals surface area contributed by atoms with Crippen molar-refractivity contribution >= 4 is 10.4 Å². The predicted molar refractivity (Wildman–Crippen MR) is 57.7 cm³/mol. The fourth-order valence-corrected chi connectivity index (χ4v) is 1.67. The van der Waals surface area contributed by atoms with E-state index in [1.807, 2.05) is 0 Å². The molecule has 0 heterocycles. The molecule has 1 saturated carbocycles. The van der Waals surface area contributed by atoms with Gasteiger partial charge in [-0.25, -0.2) is 0 Å². The summed E-state index contributed by atoms with van der Waals surface area (Å²) in [6.45, 7) is 4.52. The van der Waals surface area contributed by atoms with Crippen LogP contribution in [0.25, 0.3) is 0 Å². The molecular formula is C8H20N2O4S. The predicted octanol–water partition coefficient (Wildman–Crippen LogP) is 0.0542. The second-order valence-electron chi connectivity index (χ2n) is 4.20. The first-order valence-corrected chi connectivity index (χ1v) is 6.22. The Morgan fingerprint density at radius 1 is 1.00 bits per heavy atom. The summed E-state index contributed by atoms with van der Waals surface area (Å²) < 4.78 is 31.6. The van der Waals surface area contributed by atoms with E-state index in [0.717, 1.165) is 24.7 Å². The van der Waals surface area contributed by atoms with Crippen LogP contribution in [0.15, 0.2) is 0 Å². The number of hydrogen-bond acceptors (Lipinski definition) is 4. The first-order chi connectivity index (χ1) is 6.61. The highest BCUT2D eigenvalue weighted by Gasteiger charge is 2.27. The average molecular weight is 240 g/mol. The minimum Gasteiger partial charge on any atom is -0.326 e. The van der Waals surface area contributed by atoms with E-state index in [9.17, 15) is 0 Å². The van der Waals surface area contributed by atoms with Crippen LogP contribution < -0.4 is 11.5 Å². The van der Waals surface area contributed by atoms with E-state index < -0.39 is 10.4 Å². The molecule has 1 aliphatic rings. The highest BCUT2D eigenvalue weighted by Crippen LogP contribution is 2.27. The van der Waals surface area contributed by atoms with Crippen LogP contribution in [0.5, 0.6) is 0 Å². The van der Waals surface area contributed by atoms with Crippen LogP contribution in [0.2, 0.25) is 0 Å². The molecule has 7 heteroatoms. The SMILES string of the molecule is CC1CC(N)C(N)CC1C.O=S(=O)(O)O. The summed E-state index contributed by atoms with van der Waals surface area (Å²) >= 11 is 0. The third kappa shape index (κ3) is 7.69. The molecule has 0 spiro atoms. The van der Waals surface area contributed by atoms with Gasteiger partial charge < -0.3 is 11.5 Å². The Kier molecular flexibility index (Phi) is 5.68. The van der Waals surface area contributed by atoms with Crippen LogP contribution in [0.3, 0.4) is 0 Å². The first kappa shape index (κ1) is 14.8. The normalized spacial score (nSPS) is 36.7. The van der Waals surface area contributed by atoms with Crippen LogP contribution in [0.1, 0.15) is 26.7 Å². The maximum Gasteiger partial charge on any atom is 0.394 e. The van der Waals surface area contributed by atoms with E-state index in [1.165, 1.54) is 0 Å². The molecule has 1 aliphatic carbocycles. The molecule has 4 unspecified atom stereocenters. The standard InChI is InChI=1S/C8H18N2.H2O4S/c1-5-3-7(9)8(10)4-6(5)2;1-5(2,3)4/h5-8H,3-4,9-10H2,1-2H3;(H2,1,2,3,4). The van der Waals surface area contributed by atoms with Gasteiger partial charge >= 0.3 is 10.4 Å². The second-order valence-corrected chi connectivity index (χ2v) is 5.10. The van der Waals surface area contributed by atoms with Crippen molar-refractivity contribution < 1.29 is 17.5 Å². The summed E-state index contributed by atoms with van der Waals surface area (Å²) in [5.74, 6) is 1.52. The molecule has 0 radical (unpaired) electrons. The molecule has 0 aromatic heterocycles. The lowest BCUT2D eigenvalue weighted by Gasteiger charge is -2.34. The smallest absolute Gasteiger partial charge is 0.326 e. The monoisotopic (exact) mass is 240 g/mol. The van der Waals surface area contributed by atoms with Crippen molar-refractivity contribution in [3.8, 4) is 0 Å². The topological polar surface area (TPSA) is 127 Å². The van der Waals surface area contributed by atoms with E-state index in [-0.39, 0.29) is 12.1 Å². The molecule has 15 heavy (non-hydrogen) atoms. The van der Waals surface area contributed by atoms with Crippen molar-refractivity contribution in [3.05, 3.63) is 0 Å². The molecule has 1 rings (SSSR count). The van der Waals surface area contributed by atoms with Gasteiger partial charge in [0.1, 0.15) is 0 Å². The van der Waals surface area contributed by atoms with Crippen LogP contribution in [0.4, 0.5) is 0 Å². The Balaban J connectivity index is 0.000000336. The molecule has 6 nitrogen and oxygen atoms in total. The summed E-state index contributed by atoms with van der Waals surface area (Å²) in [5, 5.41) is 0. The first-order valence-electron chi connectivity index (χ1n) is 4.82. The van der Waals surface area contributed by atoms with E-state index in [0.29, 0.717) is 0 Å². The lowest BCUT2D eigenvalue weighted by Crippen LogP contribution is -2.48. The van der Waals surface area contributed by atoms with E-state index in [1.54, 1.807) is 0 Å². The van der Waals surface area contributed by atoms with E-state index in [2.05, 4.69) is 13.8 Å². The van der Waals surface area contributed by atoms with Gasteiger partial charge in [-0.05, 0) is 24.7 Å². The second kappa shape index (κ2) is 5.76. The van der Waals surface area contributed by atoms with E-state index in [4.69, 9.17) is 29.0 Å². The van der Waals surface area contributed by atoms with Crippen molar-refractivity contribution in [3.63, 3.8) is 0 Å². The Hall–Kier alpha value is -0.210. The Labute approximate surface area is 90.6 Å². The fraction of sp³-hybridized carbons (Fsp3) is 1.00. The lowest BCUT2D eigenvalue weighted by atomic mass is 9.77. The number of rotatable bonds is 0. The molecule has 0 aromatic carbocycles. The maximum absolute atomic E-state index is 8.74. The summed E-state index contributed by atoms with van der Waals surface area (Å²) in [5.41, 5.74) is 11.6. The van der Waals surface area contributed by atoms with Crippen LogP contribution in [-0.4, -0.2) is 29.6 Å². The van der Waals surface area contributed by atoms with E-state index >= 15 is 0 Å². The van der Waals surface area contributed by atoms with Crippen molar-refractivity contribution in [2.24, 2.45) is 23.3 Å². The number of nitrogens with two attached hydrogens (primary N) is 2. The van der Waals surface area contributed by atoms with Gasteiger partial charge in [0.2, 0.25) is 0 Å². The molecule has 0 aromatic rings. The molecule has 6 N–H and O–H groups in total. The molecule has 4 atom stereocenters. The molecule has 92 valence electrons. The third-order valence-electron chi connectivity index (χ3n) is 2.81. The van der Waals surface area contributed by atoms with Gasteiger partial charge in [0, 0.05) is 12.1 Å². The summed E-state index contributed by atoms with van der Waals surface area (Å²) in [7, 11) is -4.67. The van der Waals surface area contributed by atoms with Gasteiger partial charge in [-0.15, -0.1) is 0 Å². The third-order valence-corrected chi connectivity index (χ3v) is 2.81. The molecular weight excluding hydrogens is 220 g/mol. The zero-order valence-corrected chi connectivity index (χ0v) is 9.81. The van der Waals surface area contributed by atoms with Gasteiger partial charge in [-0.3, -0.25) is 9.11 Å². The Bertz CT molecular complexity index is 246. The molecule has 0 saturated heterocycles. The van der Waals surface area contributed by atoms with Gasteiger partial charge in [0.25, 0.3) is 0 Å². The zero-order valence-electron chi connectivity index (χ0n) is 9.00. The van der Waals surface area contributed by atoms with Gasteiger partial charge in [-0.2, -0.15) is 8.42 Å². The lowest BCUT2D eigenvalue weighted by molar-refractivity contribution is 0.225. The van der Waals surface area contributed by atoms with Crippen molar-refractivity contribution in [1.29, 1.82) is 0 Å². The Morgan fingerprint density at radius 2 is 1.20 bits per heavy atom. The van der Waals surface area contributed by atoms with Crippen LogP contribution in [0, 0.1) is 11.8 Å². The Morgan fingerprint density at radius 3 is 1.40 bits per heavy atom. The average Bonchev–Trinajstić information content (AvgIpc) is 1.98. The minimum atomic E-state index is -4.67. The summed E-state index contributed by atoms with van der Waals surface area (Å²) in [6, 6.07) is 0.484. The van der Waals surface area contributed by atoms with Crippen LogP contribution >= 0.6 is 0 Å². The highest BCUT2D eigenvalue weighted by molar-refractivity contribution is 7.79. The largest absolute Gasteiger partial charge is 0.394 e. The van der Waals surface area contributed by atoms with Crippen LogP contribution in [-0.2, 0) is 10.4 Å². The van der Waals surface area contributed by atoms with Gasteiger partial charge in [0.05, 0.1) is 0 Å².